The number of anilines is 1. The van der Waals surface area contributed by atoms with E-state index < -0.39 is 10.0 Å². The maximum Gasteiger partial charge on any atom is 0.264 e. The SMILES string of the molecule is Cc1ccc(CO)cc1NS(=O)(=O)c1c(Cl)cccc1Cl. The molecule has 0 aliphatic heterocycles. The van der Waals surface area contributed by atoms with Gasteiger partial charge in [0, 0.05) is 0 Å². The van der Waals surface area contributed by atoms with Gasteiger partial charge in [0.15, 0.2) is 0 Å². The third kappa shape index (κ3) is 3.49. The molecular weight excluding hydrogens is 333 g/mol. The molecule has 21 heavy (non-hydrogen) atoms. The summed E-state index contributed by atoms with van der Waals surface area (Å²) in [6.07, 6.45) is 0. The van der Waals surface area contributed by atoms with Crippen molar-refractivity contribution in [3.63, 3.8) is 0 Å². The molecule has 0 fully saturated rings. The number of aryl methyl sites for hydroxylation is 1. The summed E-state index contributed by atoms with van der Waals surface area (Å²) in [6.45, 7) is 1.58. The van der Waals surface area contributed by atoms with Crippen LogP contribution in [0.15, 0.2) is 41.3 Å². The zero-order chi connectivity index (χ0) is 15.6. The second-order valence-electron chi connectivity index (χ2n) is 4.46. The Bertz CT molecular complexity index is 756. The van der Waals surface area contributed by atoms with Crippen molar-refractivity contribution in [1.29, 1.82) is 0 Å². The van der Waals surface area contributed by atoms with Gasteiger partial charge in [-0.05, 0) is 36.2 Å². The first-order valence-electron chi connectivity index (χ1n) is 6.02. The van der Waals surface area contributed by atoms with E-state index in [1.807, 2.05) is 0 Å². The fourth-order valence-electron chi connectivity index (χ4n) is 1.81. The van der Waals surface area contributed by atoms with Crippen molar-refractivity contribution in [2.75, 3.05) is 4.72 Å². The van der Waals surface area contributed by atoms with Crippen LogP contribution in [-0.4, -0.2) is 13.5 Å². The highest BCUT2D eigenvalue weighted by Crippen LogP contribution is 2.31. The Morgan fingerprint density at radius 1 is 1.14 bits per heavy atom. The monoisotopic (exact) mass is 345 g/mol. The lowest BCUT2D eigenvalue weighted by molar-refractivity contribution is 0.282. The number of hydrogen-bond acceptors (Lipinski definition) is 3. The molecule has 0 spiro atoms. The average Bonchev–Trinajstić information content (AvgIpc) is 2.40. The maximum atomic E-state index is 12.5. The van der Waals surface area contributed by atoms with Gasteiger partial charge in [-0.2, -0.15) is 0 Å². The van der Waals surface area contributed by atoms with Crippen molar-refractivity contribution >= 4 is 38.9 Å². The van der Waals surface area contributed by atoms with E-state index in [4.69, 9.17) is 28.3 Å². The van der Waals surface area contributed by atoms with Crippen LogP contribution >= 0.6 is 23.2 Å². The van der Waals surface area contributed by atoms with Crippen LogP contribution in [0.2, 0.25) is 10.0 Å². The van der Waals surface area contributed by atoms with E-state index in [1.54, 1.807) is 31.2 Å². The van der Waals surface area contributed by atoms with Crippen LogP contribution in [0.3, 0.4) is 0 Å². The Morgan fingerprint density at radius 2 is 1.76 bits per heavy atom. The molecule has 4 nitrogen and oxygen atoms in total. The van der Waals surface area contributed by atoms with Gasteiger partial charge in [-0.3, -0.25) is 4.72 Å². The quantitative estimate of drug-likeness (QED) is 0.889. The molecule has 0 aliphatic rings. The van der Waals surface area contributed by atoms with Gasteiger partial charge in [-0.25, -0.2) is 8.42 Å². The summed E-state index contributed by atoms with van der Waals surface area (Å²) in [6, 6.07) is 9.49. The number of aliphatic hydroxyl groups excluding tert-OH is 1. The number of aliphatic hydroxyl groups is 1. The normalized spacial score (nSPS) is 11.4. The third-order valence-corrected chi connectivity index (χ3v) is 5.24. The summed E-state index contributed by atoms with van der Waals surface area (Å²) < 4.78 is 27.4. The predicted octanol–water partition coefficient (Wildman–Crippen LogP) is 3.59. The van der Waals surface area contributed by atoms with Crippen LogP contribution in [0, 0.1) is 6.92 Å². The van der Waals surface area contributed by atoms with E-state index in [2.05, 4.69) is 4.72 Å². The molecule has 112 valence electrons. The zero-order valence-electron chi connectivity index (χ0n) is 11.1. The highest BCUT2D eigenvalue weighted by Gasteiger charge is 2.22. The summed E-state index contributed by atoms with van der Waals surface area (Å²) in [5.74, 6) is 0. The molecule has 0 saturated heterocycles. The maximum absolute atomic E-state index is 12.5. The van der Waals surface area contributed by atoms with Crippen LogP contribution < -0.4 is 4.72 Å². The van der Waals surface area contributed by atoms with Crippen molar-refractivity contribution in [2.24, 2.45) is 0 Å². The fraction of sp³-hybridized carbons (Fsp3) is 0.143. The second kappa shape index (κ2) is 6.23. The van der Waals surface area contributed by atoms with Gasteiger partial charge in [-0.15, -0.1) is 0 Å². The van der Waals surface area contributed by atoms with Crippen molar-refractivity contribution in [3.8, 4) is 0 Å². The number of nitrogens with one attached hydrogen (secondary N) is 1. The van der Waals surface area contributed by atoms with Gasteiger partial charge >= 0.3 is 0 Å². The largest absolute Gasteiger partial charge is 0.392 e. The molecular formula is C14H13Cl2NO3S. The first kappa shape index (κ1) is 16.1. The molecule has 2 aromatic rings. The van der Waals surface area contributed by atoms with Crippen molar-refractivity contribution in [1.82, 2.24) is 0 Å². The first-order valence-corrected chi connectivity index (χ1v) is 8.26. The molecule has 0 radical (unpaired) electrons. The van der Waals surface area contributed by atoms with E-state index in [1.165, 1.54) is 12.1 Å². The number of halogens is 2. The number of benzene rings is 2. The van der Waals surface area contributed by atoms with E-state index in [9.17, 15) is 8.42 Å². The molecule has 0 saturated carbocycles. The van der Waals surface area contributed by atoms with Gasteiger partial charge in [-0.1, -0.05) is 41.4 Å². The van der Waals surface area contributed by atoms with Crippen LogP contribution in [-0.2, 0) is 16.6 Å². The first-order chi connectivity index (χ1) is 9.85. The molecule has 0 bridgehead atoms. The van der Waals surface area contributed by atoms with Gasteiger partial charge in [0.1, 0.15) is 4.90 Å². The standard InChI is InChI=1S/C14H13Cl2NO3S/c1-9-5-6-10(8-18)7-13(9)17-21(19,20)14-11(15)3-2-4-12(14)16/h2-7,17-18H,8H2,1H3. The molecule has 0 atom stereocenters. The average molecular weight is 346 g/mol. The molecule has 2 rings (SSSR count). The second-order valence-corrected chi connectivity index (χ2v) is 6.90. The van der Waals surface area contributed by atoms with E-state index in [0.717, 1.165) is 5.56 Å². The minimum Gasteiger partial charge on any atom is -0.392 e. The van der Waals surface area contributed by atoms with Gasteiger partial charge in [0.05, 0.1) is 22.3 Å². The van der Waals surface area contributed by atoms with Gasteiger partial charge in [0.25, 0.3) is 10.0 Å². The summed E-state index contributed by atoms with van der Waals surface area (Å²) in [5.41, 5.74) is 1.69. The van der Waals surface area contributed by atoms with E-state index in [0.29, 0.717) is 11.3 Å². The molecule has 7 heteroatoms. The Labute approximate surface area is 133 Å². The van der Waals surface area contributed by atoms with Gasteiger partial charge < -0.3 is 5.11 Å². The number of rotatable bonds is 4. The van der Waals surface area contributed by atoms with Crippen LogP contribution in [0.25, 0.3) is 0 Å². The van der Waals surface area contributed by atoms with Crippen molar-refractivity contribution < 1.29 is 13.5 Å². The summed E-state index contributed by atoms with van der Waals surface area (Å²) in [7, 11) is -3.92. The third-order valence-electron chi connectivity index (χ3n) is 2.92. The smallest absolute Gasteiger partial charge is 0.264 e. The molecule has 0 aromatic heterocycles. The fourth-order valence-corrected chi connectivity index (χ4v) is 4.08. The van der Waals surface area contributed by atoms with Crippen molar-refractivity contribution in [3.05, 3.63) is 57.6 Å². The highest BCUT2D eigenvalue weighted by molar-refractivity contribution is 7.93. The number of sulfonamides is 1. The summed E-state index contributed by atoms with van der Waals surface area (Å²) >= 11 is 11.9. The molecule has 0 aliphatic carbocycles. The molecule has 2 N–H and O–H groups in total. The van der Waals surface area contributed by atoms with E-state index >= 15 is 0 Å². The Hall–Kier alpha value is -1.27. The highest BCUT2D eigenvalue weighted by atomic mass is 35.5. The lowest BCUT2D eigenvalue weighted by atomic mass is 10.1. The zero-order valence-corrected chi connectivity index (χ0v) is 13.4. The lowest BCUT2D eigenvalue weighted by Gasteiger charge is -2.13. The molecule has 0 amide bonds. The Morgan fingerprint density at radius 3 is 2.33 bits per heavy atom. The lowest BCUT2D eigenvalue weighted by Crippen LogP contribution is -2.15. The number of hydrogen-bond donors (Lipinski definition) is 2. The minimum absolute atomic E-state index is 0.0472. The van der Waals surface area contributed by atoms with Crippen LogP contribution in [0.4, 0.5) is 5.69 Å². The van der Waals surface area contributed by atoms with Crippen LogP contribution in [0.5, 0.6) is 0 Å². The Balaban J connectivity index is 2.47. The molecule has 0 unspecified atom stereocenters. The van der Waals surface area contributed by atoms with E-state index in [-0.39, 0.29) is 21.5 Å². The van der Waals surface area contributed by atoms with Crippen molar-refractivity contribution in [2.45, 2.75) is 18.4 Å². The molecule has 2 aromatic carbocycles. The van der Waals surface area contributed by atoms with Gasteiger partial charge in [0.2, 0.25) is 0 Å². The predicted molar refractivity (Wildman–Crippen MR) is 84.4 cm³/mol. The molecule has 0 heterocycles. The summed E-state index contributed by atoms with van der Waals surface area (Å²) in [5, 5.41) is 9.23. The minimum atomic E-state index is -3.92. The summed E-state index contributed by atoms with van der Waals surface area (Å²) in [4.78, 5) is -0.165. The Kier molecular flexibility index (Phi) is 4.78. The topological polar surface area (TPSA) is 66.4 Å². The van der Waals surface area contributed by atoms with Crippen LogP contribution in [0.1, 0.15) is 11.1 Å².